The van der Waals surface area contributed by atoms with Crippen molar-refractivity contribution in [3.8, 4) is 5.75 Å². The Morgan fingerprint density at radius 2 is 1.60 bits per heavy atom. The first-order chi connectivity index (χ1) is 14.3. The molecule has 6 nitrogen and oxygen atoms in total. The second-order valence-corrected chi connectivity index (χ2v) is 9.17. The number of anilines is 2. The van der Waals surface area contributed by atoms with Crippen LogP contribution in [0.2, 0.25) is 0 Å². The molecule has 0 aliphatic carbocycles. The van der Waals surface area contributed by atoms with Crippen molar-refractivity contribution >= 4 is 49.5 Å². The molecule has 3 aromatic rings. The van der Waals surface area contributed by atoms with Crippen molar-refractivity contribution in [1.82, 2.24) is 4.31 Å². The summed E-state index contributed by atoms with van der Waals surface area (Å²) >= 11 is 5.46. The van der Waals surface area contributed by atoms with Crippen molar-refractivity contribution in [3.05, 3.63) is 60.2 Å². The van der Waals surface area contributed by atoms with Crippen LogP contribution in [-0.4, -0.2) is 36.0 Å². The normalized spacial score (nSPS) is 11.6. The zero-order valence-electron chi connectivity index (χ0n) is 17.1. The fraction of sp³-hybridized carbons (Fsp3) is 0.227. The highest BCUT2D eigenvalue weighted by Crippen LogP contribution is 2.30. The van der Waals surface area contributed by atoms with E-state index in [9.17, 15) is 13.5 Å². The third-order valence-electron chi connectivity index (χ3n) is 4.95. The molecule has 3 rings (SSSR count). The van der Waals surface area contributed by atoms with E-state index in [0.717, 1.165) is 16.6 Å². The fourth-order valence-corrected chi connectivity index (χ4v) is 4.99. The molecule has 30 heavy (non-hydrogen) atoms. The molecule has 3 aromatic carbocycles. The van der Waals surface area contributed by atoms with Gasteiger partial charge in [-0.25, -0.2) is 8.42 Å². The number of fused-ring (bicyclic) bond motifs is 1. The maximum atomic E-state index is 12.8. The second-order valence-electron chi connectivity index (χ2n) is 6.82. The number of hydrogen-bond acceptors (Lipinski definition) is 4. The molecule has 0 amide bonds. The lowest BCUT2D eigenvalue weighted by Crippen LogP contribution is -2.30. The van der Waals surface area contributed by atoms with Crippen LogP contribution >= 0.6 is 12.2 Å². The predicted octanol–water partition coefficient (Wildman–Crippen LogP) is 4.69. The van der Waals surface area contributed by atoms with E-state index in [4.69, 9.17) is 12.2 Å². The first-order valence-electron chi connectivity index (χ1n) is 9.67. The van der Waals surface area contributed by atoms with Crippen molar-refractivity contribution in [2.45, 2.75) is 25.7 Å². The number of sulfonamides is 1. The third kappa shape index (κ3) is 4.40. The number of rotatable bonds is 6. The molecule has 158 valence electrons. The van der Waals surface area contributed by atoms with Gasteiger partial charge in [-0.2, -0.15) is 4.31 Å². The smallest absolute Gasteiger partial charge is 0.243 e. The van der Waals surface area contributed by atoms with Gasteiger partial charge in [0.1, 0.15) is 5.75 Å². The Morgan fingerprint density at radius 1 is 0.967 bits per heavy atom. The molecular weight excluding hydrogens is 418 g/mol. The van der Waals surface area contributed by atoms with Gasteiger partial charge in [-0.15, -0.1) is 0 Å². The minimum Gasteiger partial charge on any atom is -0.507 e. The number of phenols is 1. The number of hydrogen-bond donors (Lipinski definition) is 3. The van der Waals surface area contributed by atoms with Gasteiger partial charge in [0.15, 0.2) is 5.11 Å². The molecule has 8 heteroatoms. The van der Waals surface area contributed by atoms with Crippen LogP contribution in [0.3, 0.4) is 0 Å². The third-order valence-corrected chi connectivity index (χ3v) is 7.20. The van der Waals surface area contributed by atoms with E-state index in [1.165, 1.54) is 4.31 Å². The standard InChI is InChI=1S/C22H25N3O3S2/c1-4-25(5-2)30(27,28)16-13-12-15(3)20(14-16)24-22(29)23-19-10-6-9-18-17(19)8-7-11-21(18)26/h6-14,26H,4-5H2,1-3H3,(H2,23,24,29). The highest BCUT2D eigenvalue weighted by Gasteiger charge is 2.22. The molecule has 0 bridgehead atoms. The summed E-state index contributed by atoms with van der Waals surface area (Å²) in [5.41, 5.74) is 2.22. The number of benzene rings is 3. The average molecular weight is 444 g/mol. The topological polar surface area (TPSA) is 81.7 Å². The summed E-state index contributed by atoms with van der Waals surface area (Å²) < 4.78 is 27.1. The quantitative estimate of drug-likeness (QED) is 0.480. The van der Waals surface area contributed by atoms with E-state index in [1.807, 2.05) is 45.0 Å². The Hall–Kier alpha value is -2.68. The van der Waals surface area contributed by atoms with E-state index in [1.54, 1.807) is 30.3 Å². The van der Waals surface area contributed by atoms with E-state index < -0.39 is 10.0 Å². The molecule has 0 radical (unpaired) electrons. The van der Waals surface area contributed by atoms with Gasteiger partial charge in [0.2, 0.25) is 10.0 Å². The van der Waals surface area contributed by atoms with Crippen LogP contribution in [-0.2, 0) is 10.0 Å². The number of aryl methyl sites for hydroxylation is 1. The molecule has 0 fully saturated rings. The first-order valence-corrected chi connectivity index (χ1v) is 11.5. The molecule has 0 aliphatic heterocycles. The molecule has 0 saturated heterocycles. The molecule has 0 spiro atoms. The SMILES string of the molecule is CCN(CC)S(=O)(=O)c1ccc(C)c(NC(=S)Nc2cccc3c(O)cccc23)c1. The average Bonchev–Trinajstić information content (AvgIpc) is 2.71. The Morgan fingerprint density at radius 3 is 2.30 bits per heavy atom. The van der Waals surface area contributed by atoms with Gasteiger partial charge in [0, 0.05) is 35.2 Å². The lowest BCUT2D eigenvalue weighted by atomic mass is 10.1. The van der Waals surface area contributed by atoms with Crippen LogP contribution in [0, 0.1) is 6.92 Å². The summed E-state index contributed by atoms with van der Waals surface area (Å²) in [6.07, 6.45) is 0. The Bertz CT molecular complexity index is 1190. The van der Waals surface area contributed by atoms with Gasteiger partial charge in [-0.3, -0.25) is 0 Å². The molecule has 0 heterocycles. The molecule has 3 N–H and O–H groups in total. The summed E-state index contributed by atoms with van der Waals surface area (Å²) in [6.45, 7) is 6.33. The zero-order valence-corrected chi connectivity index (χ0v) is 18.8. The predicted molar refractivity (Wildman–Crippen MR) is 127 cm³/mol. The molecular formula is C22H25N3O3S2. The number of thiocarbonyl (C=S) groups is 1. The summed E-state index contributed by atoms with van der Waals surface area (Å²) in [5, 5.41) is 18.2. The minimum absolute atomic E-state index is 0.195. The maximum Gasteiger partial charge on any atom is 0.243 e. The van der Waals surface area contributed by atoms with Gasteiger partial charge in [-0.05, 0) is 49.0 Å². The van der Waals surface area contributed by atoms with Crippen LogP contribution in [0.1, 0.15) is 19.4 Å². The first kappa shape index (κ1) is 22.0. The van der Waals surface area contributed by atoms with Crippen LogP contribution in [0.15, 0.2) is 59.5 Å². The van der Waals surface area contributed by atoms with E-state index >= 15 is 0 Å². The fourth-order valence-electron chi connectivity index (χ4n) is 3.29. The largest absolute Gasteiger partial charge is 0.507 e. The Labute approximate surface area is 182 Å². The summed E-state index contributed by atoms with van der Waals surface area (Å²) in [6, 6.07) is 15.8. The Kier molecular flexibility index (Phi) is 6.60. The summed E-state index contributed by atoms with van der Waals surface area (Å²) in [4.78, 5) is 0.220. The van der Waals surface area contributed by atoms with Crippen LogP contribution < -0.4 is 10.6 Å². The highest BCUT2D eigenvalue weighted by atomic mass is 32.2. The lowest BCUT2D eigenvalue weighted by molar-refractivity contribution is 0.445. The molecule has 0 saturated carbocycles. The van der Waals surface area contributed by atoms with Crippen LogP contribution in [0.25, 0.3) is 10.8 Å². The Balaban J connectivity index is 1.87. The maximum absolute atomic E-state index is 12.8. The number of nitrogens with zero attached hydrogens (tertiary/aromatic N) is 1. The lowest BCUT2D eigenvalue weighted by Gasteiger charge is -2.20. The number of nitrogens with one attached hydrogen (secondary N) is 2. The van der Waals surface area contributed by atoms with E-state index in [0.29, 0.717) is 29.3 Å². The monoisotopic (exact) mass is 443 g/mol. The number of phenolic OH excluding ortho intramolecular Hbond substituents is 1. The molecule has 0 unspecified atom stereocenters. The molecule has 0 atom stereocenters. The summed E-state index contributed by atoms with van der Waals surface area (Å²) in [7, 11) is -3.57. The van der Waals surface area contributed by atoms with Crippen molar-refractivity contribution < 1.29 is 13.5 Å². The highest BCUT2D eigenvalue weighted by molar-refractivity contribution is 7.89. The van der Waals surface area contributed by atoms with Gasteiger partial charge >= 0.3 is 0 Å². The van der Waals surface area contributed by atoms with Crippen LogP contribution in [0.4, 0.5) is 11.4 Å². The van der Waals surface area contributed by atoms with Crippen LogP contribution in [0.5, 0.6) is 5.75 Å². The van der Waals surface area contributed by atoms with Gasteiger partial charge in [0.25, 0.3) is 0 Å². The zero-order chi connectivity index (χ0) is 21.9. The van der Waals surface area contributed by atoms with Gasteiger partial charge in [0.05, 0.1) is 4.90 Å². The van der Waals surface area contributed by atoms with Gasteiger partial charge in [-0.1, -0.05) is 44.2 Å². The van der Waals surface area contributed by atoms with E-state index in [2.05, 4.69) is 10.6 Å². The van der Waals surface area contributed by atoms with Crippen molar-refractivity contribution in [2.75, 3.05) is 23.7 Å². The molecule has 0 aromatic heterocycles. The molecule has 0 aliphatic rings. The minimum atomic E-state index is -3.57. The van der Waals surface area contributed by atoms with Crippen molar-refractivity contribution in [1.29, 1.82) is 0 Å². The van der Waals surface area contributed by atoms with Crippen molar-refractivity contribution in [2.24, 2.45) is 0 Å². The van der Waals surface area contributed by atoms with Gasteiger partial charge < -0.3 is 15.7 Å². The van der Waals surface area contributed by atoms with Crippen molar-refractivity contribution in [3.63, 3.8) is 0 Å². The second kappa shape index (κ2) is 8.99. The summed E-state index contributed by atoms with van der Waals surface area (Å²) in [5.74, 6) is 0.195. The number of aromatic hydroxyl groups is 1. The van der Waals surface area contributed by atoms with E-state index in [-0.39, 0.29) is 10.6 Å².